The van der Waals surface area contributed by atoms with Crippen molar-refractivity contribution in [3.63, 3.8) is 0 Å². The van der Waals surface area contributed by atoms with Crippen LogP contribution < -0.4 is 11.1 Å². The molecular weight excluding hydrogens is 288 g/mol. The number of nitrogens with zero attached hydrogens (tertiary/aromatic N) is 3. The summed E-state index contributed by atoms with van der Waals surface area (Å²) in [6.07, 6.45) is 12.1. The molecule has 2 aromatic heterocycles. The molecule has 0 amide bonds. The number of benzene rings is 1. The van der Waals surface area contributed by atoms with Crippen LogP contribution in [0.3, 0.4) is 0 Å². The van der Waals surface area contributed by atoms with Crippen LogP contribution in [0.5, 0.6) is 0 Å². The van der Waals surface area contributed by atoms with Gasteiger partial charge in [-0.15, -0.1) is 0 Å². The molecule has 1 aromatic carbocycles. The van der Waals surface area contributed by atoms with Crippen LogP contribution in [0.15, 0.2) is 54.5 Å². The van der Waals surface area contributed by atoms with Crippen molar-refractivity contribution in [2.75, 3.05) is 11.1 Å². The van der Waals surface area contributed by atoms with E-state index in [2.05, 4.69) is 43.7 Å². The summed E-state index contributed by atoms with van der Waals surface area (Å²) >= 11 is 0. The molecule has 4 rings (SSSR count). The van der Waals surface area contributed by atoms with Crippen LogP contribution in [-0.2, 0) is 0 Å². The van der Waals surface area contributed by atoms with Gasteiger partial charge in [0, 0.05) is 29.0 Å². The van der Waals surface area contributed by atoms with Crippen LogP contribution in [0.2, 0.25) is 0 Å². The van der Waals surface area contributed by atoms with E-state index in [4.69, 9.17) is 5.73 Å². The van der Waals surface area contributed by atoms with Crippen molar-refractivity contribution in [1.82, 2.24) is 20.2 Å². The molecule has 6 nitrogen and oxygen atoms in total. The predicted octanol–water partition coefficient (Wildman–Crippen LogP) is 3.25. The molecule has 23 heavy (non-hydrogen) atoms. The number of nitrogens with one attached hydrogen (secondary N) is 2. The van der Waals surface area contributed by atoms with Gasteiger partial charge in [0.05, 0.1) is 5.52 Å². The average molecular weight is 304 g/mol. The van der Waals surface area contributed by atoms with Crippen molar-refractivity contribution in [1.29, 1.82) is 0 Å². The van der Waals surface area contributed by atoms with Crippen LogP contribution in [-0.4, -0.2) is 20.2 Å². The zero-order chi connectivity index (χ0) is 15.6. The number of allylic oxidation sites excluding steroid dienone is 3. The monoisotopic (exact) mass is 304 g/mol. The Balaban J connectivity index is 1.59. The standard InChI is InChI=1S/C17H16N6/c18-16-14-7-6-11(8-15(14)22-23-16)12-9-19-17(20-10-12)21-13-4-2-1-3-5-13/h2,4-10H,1,3H2,(H3,18,22,23)(H,19,20,21). The molecular formula is C17H16N6. The molecule has 0 unspecified atom stereocenters. The molecule has 0 atom stereocenters. The van der Waals surface area contributed by atoms with Gasteiger partial charge in [-0.05, 0) is 36.6 Å². The fourth-order valence-corrected chi connectivity index (χ4v) is 2.60. The molecule has 0 spiro atoms. The van der Waals surface area contributed by atoms with Crippen LogP contribution in [0.1, 0.15) is 12.8 Å². The molecule has 1 aliphatic rings. The predicted molar refractivity (Wildman–Crippen MR) is 91.6 cm³/mol. The number of nitrogen functional groups attached to an aromatic ring is 1. The third-order valence-electron chi connectivity index (χ3n) is 3.83. The maximum absolute atomic E-state index is 5.79. The summed E-state index contributed by atoms with van der Waals surface area (Å²) in [6, 6.07) is 5.94. The van der Waals surface area contributed by atoms with E-state index in [1.165, 1.54) is 0 Å². The zero-order valence-electron chi connectivity index (χ0n) is 12.5. The SMILES string of the molecule is Nc1n[nH]c2cc(-c3cnc(NC4=CCCC=C4)nc3)ccc12. The molecule has 0 radical (unpaired) electrons. The second-order valence-electron chi connectivity index (χ2n) is 5.43. The van der Waals surface area contributed by atoms with Gasteiger partial charge in [-0.25, -0.2) is 9.97 Å². The second kappa shape index (κ2) is 5.57. The number of anilines is 2. The maximum Gasteiger partial charge on any atom is 0.227 e. The van der Waals surface area contributed by atoms with Gasteiger partial charge in [0.1, 0.15) is 0 Å². The van der Waals surface area contributed by atoms with E-state index >= 15 is 0 Å². The summed E-state index contributed by atoms with van der Waals surface area (Å²) in [5.74, 6) is 1.11. The van der Waals surface area contributed by atoms with Gasteiger partial charge in [-0.3, -0.25) is 5.10 Å². The highest BCUT2D eigenvalue weighted by Crippen LogP contribution is 2.25. The van der Waals surface area contributed by atoms with E-state index in [1.54, 1.807) is 0 Å². The molecule has 0 saturated heterocycles. The van der Waals surface area contributed by atoms with Gasteiger partial charge >= 0.3 is 0 Å². The van der Waals surface area contributed by atoms with E-state index in [-0.39, 0.29) is 0 Å². The number of aromatic amines is 1. The Morgan fingerprint density at radius 2 is 1.96 bits per heavy atom. The topological polar surface area (TPSA) is 92.5 Å². The highest BCUT2D eigenvalue weighted by Gasteiger charge is 2.06. The number of nitrogens with two attached hydrogens (primary N) is 1. The highest BCUT2D eigenvalue weighted by atomic mass is 15.1. The van der Waals surface area contributed by atoms with E-state index in [1.807, 2.05) is 30.6 Å². The molecule has 2 heterocycles. The molecule has 1 aliphatic carbocycles. The highest BCUT2D eigenvalue weighted by molar-refractivity contribution is 5.91. The lowest BCUT2D eigenvalue weighted by atomic mass is 10.1. The number of H-pyrrole nitrogens is 1. The Morgan fingerprint density at radius 1 is 1.09 bits per heavy atom. The third-order valence-corrected chi connectivity index (χ3v) is 3.83. The summed E-state index contributed by atoms with van der Waals surface area (Å²) in [7, 11) is 0. The molecule has 0 fully saturated rings. The van der Waals surface area contributed by atoms with Crippen molar-refractivity contribution >= 4 is 22.7 Å². The molecule has 0 saturated carbocycles. The van der Waals surface area contributed by atoms with Crippen molar-refractivity contribution in [2.24, 2.45) is 0 Å². The van der Waals surface area contributed by atoms with Crippen LogP contribution in [0.25, 0.3) is 22.0 Å². The first kappa shape index (κ1) is 13.5. The molecule has 6 heteroatoms. The average Bonchev–Trinajstić information content (AvgIpc) is 2.97. The molecule has 3 aromatic rings. The number of aromatic nitrogens is 4. The third kappa shape index (κ3) is 2.66. The Kier molecular flexibility index (Phi) is 3.27. The van der Waals surface area contributed by atoms with Crippen LogP contribution >= 0.6 is 0 Å². The first-order valence-corrected chi connectivity index (χ1v) is 7.49. The fraction of sp³-hybridized carbons (Fsp3) is 0.118. The van der Waals surface area contributed by atoms with Gasteiger partial charge in [-0.1, -0.05) is 18.2 Å². The number of hydrogen-bond acceptors (Lipinski definition) is 5. The largest absolute Gasteiger partial charge is 0.382 e. The van der Waals surface area contributed by atoms with Crippen LogP contribution in [0.4, 0.5) is 11.8 Å². The maximum atomic E-state index is 5.79. The molecule has 4 N–H and O–H groups in total. The molecule has 0 bridgehead atoms. The molecule has 114 valence electrons. The van der Waals surface area contributed by atoms with Gasteiger partial charge in [-0.2, -0.15) is 5.10 Å². The van der Waals surface area contributed by atoms with Crippen molar-refractivity contribution in [3.8, 4) is 11.1 Å². The normalized spacial score (nSPS) is 14.0. The van der Waals surface area contributed by atoms with Gasteiger partial charge in [0.15, 0.2) is 5.82 Å². The second-order valence-corrected chi connectivity index (χ2v) is 5.43. The minimum absolute atomic E-state index is 0.510. The Labute approximate surface area is 133 Å². The van der Waals surface area contributed by atoms with E-state index in [0.29, 0.717) is 11.8 Å². The van der Waals surface area contributed by atoms with E-state index < -0.39 is 0 Å². The first-order valence-electron chi connectivity index (χ1n) is 7.49. The minimum Gasteiger partial charge on any atom is -0.382 e. The number of rotatable bonds is 3. The zero-order valence-corrected chi connectivity index (χ0v) is 12.5. The molecule has 0 aliphatic heterocycles. The summed E-state index contributed by atoms with van der Waals surface area (Å²) in [5, 5.41) is 11.1. The van der Waals surface area contributed by atoms with Crippen molar-refractivity contribution in [2.45, 2.75) is 12.8 Å². The summed E-state index contributed by atoms with van der Waals surface area (Å²) in [6.45, 7) is 0. The number of hydrogen-bond donors (Lipinski definition) is 3. The smallest absolute Gasteiger partial charge is 0.227 e. The van der Waals surface area contributed by atoms with Gasteiger partial charge in [0.2, 0.25) is 5.95 Å². The minimum atomic E-state index is 0.510. The van der Waals surface area contributed by atoms with Crippen molar-refractivity contribution in [3.05, 3.63) is 54.5 Å². The summed E-state index contributed by atoms with van der Waals surface area (Å²) in [5.41, 5.74) is 9.69. The van der Waals surface area contributed by atoms with Crippen LogP contribution in [0, 0.1) is 0 Å². The van der Waals surface area contributed by atoms with Gasteiger partial charge < -0.3 is 11.1 Å². The fourth-order valence-electron chi connectivity index (χ4n) is 2.60. The van der Waals surface area contributed by atoms with E-state index in [9.17, 15) is 0 Å². The lowest BCUT2D eigenvalue weighted by molar-refractivity contribution is 1.01. The Hall–Kier alpha value is -3.15. The van der Waals surface area contributed by atoms with Gasteiger partial charge in [0.25, 0.3) is 0 Å². The quantitative estimate of drug-likeness (QED) is 0.690. The first-order chi connectivity index (χ1) is 11.3. The summed E-state index contributed by atoms with van der Waals surface area (Å²) < 4.78 is 0. The summed E-state index contributed by atoms with van der Waals surface area (Å²) in [4.78, 5) is 8.77. The Morgan fingerprint density at radius 3 is 2.74 bits per heavy atom. The van der Waals surface area contributed by atoms with E-state index in [0.717, 1.165) is 40.6 Å². The lowest BCUT2D eigenvalue weighted by Gasteiger charge is -2.09. The number of fused-ring (bicyclic) bond motifs is 1. The van der Waals surface area contributed by atoms with Crippen molar-refractivity contribution < 1.29 is 0 Å². The lowest BCUT2D eigenvalue weighted by Crippen LogP contribution is -2.03. The Bertz CT molecular complexity index is 904.